The van der Waals surface area contributed by atoms with Crippen LogP contribution in [-0.2, 0) is 0 Å². The molecule has 0 aliphatic heterocycles. The smallest absolute Gasteiger partial charge is 0.0879 e. The lowest BCUT2D eigenvalue weighted by atomic mass is 10.1. The van der Waals surface area contributed by atoms with Crippen LogP contribution in [0.3, 0.4) is 0 Å². The molecule has 1 aromatic rings. The summed E-state index contributed by atoms with van der Waals surface area (Å²) in [6.07, 6.45) is 1.25. The molecule has 0 aliphatic rings. The molecule has 0 amide bonds. The third-order valence-electron chi connectivity index (χ3n) is 1.98. The van der Waals surface area contributed by atoms with Crippen molar-refractivity contribution in [2.45, 2.75) is 13.8 Å². The van der Waals surface area contributed by atoms with Gasteiger partial charge in [-0.15, -0.1) is 0 Å². The van der Waals surface area contributed by atoms with E-state index in [2.05, 4.69) is 4.99 Å². The highest BCUT2D eigenvalue weighted by atomic mass is 14.8. The monoisotopic (exact) mass is 163 g/mol. The molecule has 64 valence electrons. The highest BCUT2D eigenvalue weighted by Gasteiger charge is 2.01. The number of nitrogen functional groups attached to an aromatic ring is 1. The van der Waals surface area contributed by atoms with Crippen molar-refractivity contribution in [2.75, 3.05) is 5.73 Å². The van der Waals surface area contributed by atoms with Crippen molar-refractivity contribution in [3.05, 3.63) is 23.3 Å². The number of rotatable bonds is 1. The number of benzene rings is 1. The Morgan fingerprint density at radius 2 is 2.00 bits per heavy atom. The van der Waals surface area contributed by atoms with Crippen LogP contribution < -0.4 is 11.5 Å². The fourth-order valence-electron chi connectivity index (χ4n) is 1.02. The van der Waals surface area contributed by atoms with Gasteiger partial charge < -0.3 is 11.5 Å². The van der Waals surface area contributed by atoms with Crippen LogP contribution in [0.4, 0.5) is 11.4 Å². The molecule has 0 spiro atoms. The molecule has 3 nitrogen and oxygen atoms in total. The molecular weight excluding hydrogens is 150 g/mol. The molecule has 1 aromatic carbocycles. The van der Waals surface area contributed by atoms with Gasteiger partial charge in [0.15, 0.2) is 0 Å². The second kappa shape index (κ2) is 3.26. The Labute approximate surface area is 72.1 Å². The van der Waals surface area contributed by atoms with E-state index in [1.807, 2.05) is 26.0 Å². The second-order valence-electron chi connectivity index (χ2n) is 2.72. The zero-order valence-electron chi connectivity index (χ0n) is 7.33. The maximum Gasteiger partial charge on any atom is 0.0879 e. The van der Waals surface area contributed by atoms with Crippen molar-refractivity contribution >= 4 is 17.7 Å². The maximum absolute atomic E-state index is 5.80. The lowest BCUT2D eigenvalue weighted by Gasteiger charge is -2.06. The van der Waals surface area contributed by atoms with Crippen LogP contribution in [0, 0.1) is 13.8 Å². The molecule has 0 fully saturated rings. The second-order valence-corrected chi connectivity index (χ2v) is 2.72. The number of nitrogens with zero attached hydrogens (tertiary/aromatic N) is 1. The van der Waals surface area contributed by atoms with Crippen molar-refractivity contribution < 1.29 is 0 Å². The molecule has 0 heterocycles. The summed E-state index contributed by atoms with van der Waals surface area (Å²) in [6.45, 7) is 3.99. The molecule has 0 saturated heterocycles. The van der Waals surface area contributed by atoms with E-state index in [0.29, 0.717) is 5.69 Å². The average Bonchev–Trinajstić information content (AvgIpc) is 2.07. The normalized spacial score (nSPS) is 10.8. The summed E-state index contributed by atoms with van der Waals surface area (Å²) in [5.41, 5.74) is 14.7. The van der Waals surface area contributed by atoms with Crippen LogP contribution in [0.1, 0.15) is 11.1 Å². The van der Waals surface area contributed by atoms with E-state index in [1.165, 1.54) is 11.9 Å². The van der Waals surface area contributed by atoms with Crippen LogP contribution >= 0.6 is 0 Å². The predicted octanol–water partition coefficient (Wildman–Crippen LogP) is 1.50. The summed E-state index contributed by atoms with van der Waals surface area (Å²) >= 11 is 0. The third kappa shape index (κ3) is 1.39. The lowest BCUT2D eigenvalue weighted by molar-refractivity contribution is 1.33. The Bertz CT molecular complexity index is 316. The molecule has 1 rings (SSSR count). The molecule has 4 N–H and O–H groups in total. The van der Waals surface area contributed by atoms with Gasteiger partial charge in [0.2, 0.25) is 0 Å². The minimum absolute atomic E-state index is 0.705. The Balaban J connectivity index is 3.26. The molecule has 0 atom stereocenters. The van der Waals surface area contributed by atoms with Gasteiger partial charge in [0.05, 0.1) is 17.7 Å². The van der Waals surface area contributed by atoms with Gasteiger partial charge in [0.1, 0.15) is 0 Å². The van der Waals surface area contributed by atoms with Crippen molar-refractivity contribution in [1.82, 2.24) is 0 Å². The third-order valence-corrected chi connectivity index (χ3v) is 1.98. The SMILES string of the molecule is Cc1ccc(N=CN)c(N)c1C. The van der Waals surface area contributed by atoms with Gasteiger partial charge in [-0.2, -0.15) is 0 Å². The predicted molar refractivity (Wildman–Crippen MR) is 52.7 cm³/mol. The van der Waals surface area contributed by atoms with Gasteiger partial charge in [-0.25, -0.2) is 4.99 Å². The number of anilines is 1. The van der Waals surface area contributed by atoms with Crippen LogP contribution in [-0.4, -0.2) is 6.34 Å². The molecular formula is C9H13N3. The van der Waals surface area contributed by atoms with Gasteiger partial charge in [-0.3, -0.25) is 0 Å². The van der Waals surface area contributed by atoms with Crippen LogP contribution in [0.5, 0.6) is 0 Å². The first kappa shape index (κ1) is 8.59. The fourth-order valence-corrected chi connectivity index (χ4v) is 1.02. The number of nitrogens with two attached hydrogens (primary N) is 2. The Hall–Kier alpha value is -1.51. The van der Waals surface area contributed by atoms with Crippen molar-refractivity contribution in [3.63, 3.8) is 0 Å². The molecule has 0 radical (unpaired) electrons. The molecule has 0 aromatic heterocycles. The van der Waals surface area contributed by atoms with Gasteiger partial charge in [-0.1, -0.05) is 6.07 Å². The first-order valence-corrected chi connectivity index (χ1v) is 3.76. The number of hydrogen-bond donors (Lipinski definition) is 2. The quantitative estimate of drug-likeness (QED) is 0.374. The van der Waals surface area contributed by atoms with Crippen molar-refractivity contribution in [2.24, 2.45) is 10.7 Å². The summed E-state index contributed by atoms with van der Waals surface area (Å²) in [6, 6.07) is 3.84. The molecule has 0 saturated carbocycles. The van der Waals surface area contributed by atoms with Crippen molar-refractivity contribution in [1.29, 1.82) is 0 Å². The minimum Gasteiger partial charge on any atom is -0.397 e. The first-order chi connectivity index (χ1) is 5.66. The average molecular weight is 163 g/mol. The molecule has 0 aliphatic carbocycles. The Kier molecular flexibility index (Phi) is 2.33. The fraction of sp³-hybridized carbons (Fsp3) is 0.222. The highest BCUT2D eigenvalue weighted by Crippen LogP contribution is 2.26. The number of aryl methyl sites for hydroxylation is 1. The summed E-state index contributed by atoms with van der Waals surface area (Å²) in [5.74, 6) is 0. The lowest BCUT2D eigenvalue weighted by Crippen LogP contribution is -1.94. The molecule has 3 heteroatoms. The standard InChI is InChI=1S/C9H13N3/c1-6-3-4-8(12-5-10)9(11)7(6)2/h3-5H,11H2,1-2H3,(H2,10,12). The van der Waals surface area contributed by atoms with E-state index < -0.39 is 0 Å². The van der Waals surface area contributed by atoms with Gasteiger partial charge in [0.25, 0.3) is 0 Å². The summed E-state index contributed by atoms with van der Waals surface area (Å²) in [5, 5.41) is 0. The van der Waals surface area contributed by atoms with E-state index in [4.69, 9.17) is 11.5 Å². The minimum atomic E-state index is 0.705. The van der Waals surface area contributed by atoms with Crippen LogP contribution in [0.15, 0.2) is 17.1 Å². The van der Waals surface area contributed by atoms with Gasteiger partial charge >= 0.3 is 0 Å². The van der Waals surface area contributed by atoms with Crippen LogP contribution in [0.2, 0.25) is 0 Å². The molecule has 0 bridgehead atoms. The number of aliphatic imine (C=N–C) groups is 1. The summed E-state index contributed by atoms with van der Waals surface area (Å²) in [4.78, 5) is 3.94. The Morgan fingerprint density at radius 1 is 1.33 bits per heavy atom. The van der Waals surface area contributed by atoms with E-state index in [9.17, 15) is 0 Å². The first-order valence-electron chi connectivity index (χ1n) is 3.76. The van der Waals surface area contributed by atoms with Crippen molar-refractivity contribution in [3.8, 4) is 0 Å². The zero-order chi connectivity index (χ0) is 9.14. The Morgan fingerprint density at radius 3 is 2.58 bits per heavy atom. The van der Waals surface area contributed by atoms with E-state index in [0.717, 1.165) is 11.3 Å². The van der Waals surface area contributed by atoms with Crippen LogP contribution in [0.25, 0.3) is 0 Å². The molecule has 12 heavy (non-hydrogen) atoms. The van der Waals surface area contributed by atoms with Gasteiger partial charge in [-0.05, 0) is 31.0 Å². The largest absolute Gasteiger partial charge is 0.397 e. The van der Waals surface area contributed by atoms with E-state index in [1.54, 1.807) is 0 Å². The highest BCUT2D eigenvalue weighted by molar-refractivity contribution is 5.72. The van der Waals surface area contributed by atoms with E-state index >= 15 is 0 Å². The molecule has 0 unspecified atom stereocenters. The zero-order valence-corrected chi connectivity index (χ0v) is 7.33. The summed E-state index contributed by atoms with van der Waals surface area (Å²) < 4.78 is 0. The maximum atomic E-state index is 5.80. The van der Waals surface area contributed by atoms with Gasteiger partial charge in [0, 0.05) is 0 Å². The summed E-state index contributed by atoms with van der Waals surface area (Å²) in [7, 11) is 0. The van der Waals surface area contributed by atoms with E-state index in [-0.39, 0.29) is 0 Å². The topological polar surface area (TPSA) is 64.4 Å². The number of hydrogen-bond acceptors (Lipinski definition) is 2.